The first-order valence-electron chi connectivity index (χ1n) is 6.41. The lowest BCUT2D eigenvalue weighted by Gasteiger charge is -2.12. The first-order chi connectivity index (χ1) is 9.01. The molecule has 5 nitrogen and oxygen atoms in total. The van der Waals surface area contributed by atoms with Crippen LogP contribution in [0.3, 0.4) is 0 Å². The van der Waals surface area contributed by atoms with Crippen LogP contribution >= 0.6 is 0 Å². The highest BCUT2D eigenvalue weighted by molar-refractivity contribution is 5.91. The van der Waals surface area contributed by atoms with Crippen molar-refractivity contribution in [2.45, 2.75) is 32.7 Å². The van der Waals surface area contributed by atoms with E-state index in [-0.39, 0.29) is 24.3 Å². The van der Waals surface area contributed by atoms with Gasteiger partial charge >= 0.3 is 0 Å². The van der Waals surface area contributed by atoms with Gasteiger partial charge in [0.25, 0.3) is 0 Å². The monoisotopic (exact) mass is 263 g/mol. The molecule has 5 heteroatoms. The maximum atomic E-state index is 11.7. The van der Waals surface area contributed by atoms with Crippen LogP contribution in [0.4, 0.5) is 5.69 Å². The zero-order valence-corrected chi connectivity index (χ0v) is 11.4. The first-order valence-corrected chi connectivity index (χ1v) is 6.41. The van der Waals surface area contributed by atoms with E-state index in [9.17, 15) is 9.59 Å². The van der Waals surface area contributed by atoms with E-state index in [1.807, 2.05) is 13.8 Å². The van der Waals surface area contributed by atoms with Crippen LogP contribution in [0.5, 0.6) is 0 Å². The van der Waals surface area contributed by atoms with Crippen molar-refractivity contribution in [3.05, 3.63) is 29.8 Å². The number of hydrogen-bond donors (Lipinski definition) is 3. The molecule has 0 spiro atoms. The minimum absolute atomic E-state index is 0.0314. The van der Waals surface area contributed by atoms with Crippen LogP contribution in [0.1, 0.15) is 25.8 Å². The lowest BCUT2D eigenvalue weighted by Crippen LogP contribution is -2.30. The Morgan fingerprint density at radius 2 is 1.89 bits per heavy atom. The van der Waals surface area contributed by atoms with Crippen molar-refractivity contribution in [2.75, 3.05) is 11.9 Å². The molecule has 1 aromatic rings. The summed E-state index contributed by atoms with van der Waals surface area (Å²) < 4.78 is 0. The van der Waals surface area contributed by atoms with Gasteiger partial charge in [0.05, 0.1) is 6.42 Å². The zero-order chi connectivity index (χ0) is 14.3. The summed E-state index contributed by atoms with van der Waals surface area (Å²) in [5, 5.41) is 6.00. The second-order valence-electron chi connectivity index (χ2n) is 4.55. The molecule has 4 N–H and O–H groups in total. The Bertz CT molecular complexity index is 429. The number of rotatable bonds is 7. The number of primary amides is 1. The second kappa shape index (κ2) is 7.53. The molecule has 0 radical (unpaired) electrons. The van der Waals surface area contributed by atoms with Crippen molar-refractivity contribution < 1.29 is 9.59 Å². The van der Waals surface area contributed by atoms with Crippen LogP contribution < -0.4 is 16.4 Å². The molecule has 1 unspecified atom stereocenters. The third-order valence-corrected chi connectivity index (χ3v) is 2.66. The van der Waals surface area contributed by atoms with Gasteiger partial charge in [-0.25, -0.2) is 0 Å². The lowest BCUT2D eigenvalue weighted by molar-refractivity contribution is -0.117. The maximum Gasteiger partial charge on any atom is 0.225 e. The Balaban J connectivity index is 2.48. The summed E-state index contributed by atoms with van der Waals surface area (Å²) in [5.74, 6) is -0.396. The molecule has 0 aliphatic heterocycles. The van der Waals surface area contributed by atoms with Crippen LogP contribution in [-0.4, -0.2) is 24.4 Å². The summed E-state index contributed by atoms with van der Waals surface area (Å²) in [7, 11) is 0. The van der Waals surface area contributed by atoms with E-state index < -0.39 is 0 Å². The van der Waals surface area contributed by atoms with E-state index in [1.54, 1.807) is 24.3 Å². The van der Waals surface area contributed by atoms with Crippen molar-refractivity contribution >= 4 is 17.5 Å². The molecule has 1 aromatic carbocycles. The quantitative estimate of drug-likeness (QED) is 0.687. The summed E-state index contributed by atoms with van der Waals surface area (Å²) in [4.78, 5) is 22.5. The molecule has 0 aromatic heterocycles. The van der Waals surface area contributed by atoms with Gasteiger partial charge in [0.15, 0.2) is 0 Å². The van der Waals surface area contributed by atoms with Gasteiger partial charge < -0.3 is 16.4 Å². The van der Waals surface area contributed by atoms with Crippen LogP contribution in [0.2, 0.25) is 0 Å². The fraction of sp³-hybridized carbons (Fsp3) is 0.429. The van der Waals surface area contributed by atoms with E-state index in [0.717, 1.165) is 17.8 Å². The molecule has 0 saturated heterocycles. The molecule has 0 heterocycles. The maximum absolute atomic E-state index is 11.7. The fourth-order valence-electron chi connectivity index (χ4n) is 1.82. The Morgan fingerprint density at radius 1 is 1.26 bits per heavy atom. The number of nitrogens with two attached hydrogens (primary N) is 1. The number of nitrogens with one attached hydrogen (secondary N) is 2. The van der Waals surface area contributed by atoms with Gasteiger partial charge in [-0.2, -0.15) is 0 Å². The Labute approximate surface area is 113 Å². The average Bonchev–Trinajstić information content (AvgIpc) is 2.31. The molecule has 0 fully saturated rings. The molecule has 0 aliphatic rings. The highest BCUT2D eigenvalue weighted by atomic mass is 16.1. The average molecular weight is 263 g/mol. The van der Waals surface area contributed by atoms with E-state index in [2.05, 4.69) is 10.6 Å². The second-order valence-corrected chi connectivity index (χ2v) is 4.55. The summed E-state index contributed by atoms with van der Waals surface area (Å²) in [6.07, 6.45) is 0.641. The van der Waals surface area contributed by atoms with Gasteiger partial charge in [-0.3, -0.25) is 9.59 Å². The third-order valence-electron chi connectivity index (χ3n) is 2.66. The van der Waals surface area contributed by atoms with E-state index in [4.69, 9.17) is 5.73 Å². The van der Waals surface area contributed by atoms with Crippen LogP contribution in [0, 0.1) is 0 Å². The largest absolute Gasteiger partial charge is 0.369 e. The first kappa shape index (κ1) is 15.2. The number of benzene rings is 1. The summed E-state index contributed by atoms with van der Waals surface area (Å²) >= 11 is 0. The Kier molecular flexibility index (Phi) is 6.02. The smallest absolute Gasteiger partial charge is 0.225 e. The highest BCUT2D eigenvalue weighted by Crippen LogP contribution is 2.10. The van der Waals surface area contributed by atoms with Gasteiger partial charge in [-0.1, -0.05) is 19.1 Å². The normalized spacial score (nSPS) is 11.9. The van der Waals surface area contributed by atoms with Crippen LogP contribution in [0.15, 0.2) is 24.3 Å². The van der Waals surface area contributed by atoms with Gasteiger partial charge in [-0.15, -0.1) is 0 Å². The Hall–Kier alpha value is -1.88. The van der Waals surface area contributed by atoms with Gasteiger partial charge in [0.2, 0.25) is 11.8 Å². The van der Waals surface area contributed by atoms with E-state index in [0.29, 0.717) is 6.42 Å². The summed E-state index contributed by atoms with van der Waals surface area (Å²) in [6, 6.07) is 7.27. The third kappa shape index (κ3) is 6.01. The van der Waals surface area contributed by atoms with Crippen molar-refractivity contribution in [2.24, 2.45) is 5.73 Å². The minimum atomic E-state index is -0.365. The minimum Gasteiger partial charge on any atom is -0.369 e. The molecule has 0 aliphatic carbocycles. The van der Waals surface area contributed by atoms with Crippen LogP contribution in [0.25, 0.3) is 0 Å². The van der Waals surface area contributed by atoms with E-state index in [1.165, 1.54) is 0 Å². The number of carbonyl (C=O) groups is 2. The van der Waals surface area contributed by atoms with Crippen molar-refractivity contribution in [1.82, 2.24) is 5.32 Å². The molecule has 1 atom stereocenters. The van der Waals surface area contributed by atoms with E-state index >= 15 is 0 Å². The summed E-state index contributed by atoms with van der Waals surface area (Å²) in [5.41, 5.74) is 6.67. The lowest BCUT2D eigenvalue weighted by atomic mass is 10.1. The topological polar surface area (TPSA) is 84.2 Å². The van der Waals surface area contributed by atoms with Crippen LogP contribution in [-0.2, 0) is 16.0 Å². The molecule has 19 heavy (non-hydrogen) atoms. The predicted molar refractivity (Wildman–Crippen MR) is 75.7 cm³/mol. The number of anilines is 1. The Morgan fingerprint density at radius 3 is 2.42 bits per heavy atom. The standard InChI is InChI=1S/C14H21N3O2/c1-3-16-10(2)8-14(19)17-12-6-4-11(5-7-12)9-13(15)18/h4-7,10,16H,3,8-9H2,1-2H3,(H2,15,18)(H,17,19). The van der Waals surface area contributed by atoms with Crippen molar-refractivity contribution in [3.63, 3.8) is 0 Å². The summed E-state index contributed by atoms with van der Waals surface area (Å²) in [6.45, 7) is 4.82. The van der Waals surface area contributed by atoms with Crippen molar-refractivity contribution in [1.29, 1.82) is 0 Å². The molecule has 104 valence electrons. The fourth-order valence-corrected chi connectivity index (χ4v) is 1.82. The van der Waals surface area contributed by atoms with Gasteiger partial charge in [0, 0.05) is 18.2 Å². The SMILES string of the molecule is CCNC(C)CC(=O)Nc1ccc(CC(N)=O)cc1. The van der Waals surface area contributed by atoms with Gasteiger partial charge in [-0.05, 0) is 31.2 Å². The highest BCUT2D eigenvalue weighted by Gasteiger charge is 2.08. The molecule has 0 bridgehead atoms. The zero-order valence-electron chi connectivity index (χ0n) is 11.4. The van der Waals surface area contributed by atoms with Crippen molar-refractivity contribution in [3.8, 4) is 0 Å². The number of amides is 2. The number of carbonyl (C=O) groups excluding carboxylic acids is 2. The molecule has 1 rings (SSSR count). The van der Waals surface area contributed by atoms with Gasteiger partial charge in [0.1, 0.15) is 0 Å². The molecular weight excluding hydrogens is 242 g/mol. The molecule has 0 saturated carbocycles. The molecule has 2 amide bonds. The molecular formula is C14H21N3O2. The predicted octanol–water partition coefficient (Wildman–Crippen LogP) is 1.04. The number of hydrogen-bond acceptors (Lipinski definition) is 3.